The van der Waals surface area contributed by atoms with E-state index in [1.807, 2.05) is 0 Å². The third kappa shape index (κ3) is 3.47. The minimum atomic E-state index is -0.685. The molecule has 0 bridgehead atoms. The van der Waals surface area contributed by atoms with Crippen molar-refractivity contribution in [2.75, 3.05) is 39.6 Å². The van der Waals surface area contributed by atoms with Gasteiger partial charge in [0.1, 0.15) is 30.8 Å². The van der Waals surface area contributed by atoms with E-state index in [4.69, 9.17) is 18.9 Å². The monoisotopic (exact) mass is 374 g/mol. The molecule has 142 valence electrons. The van der Waals surface area contributed by atoms with Gasteiger partial charge in [-0.05, 0) is 18.2 Å². The number of methoxy groups -OCH3 is 3. The Hall–Kier alpha value is -3.40. The molecule has 0 N–H and O–H groups in total. The lowest BCUT2D eigenvalue weighted by Crippen LogP contribution is -2.39. The van der Waals surface area contributed by atoms with Crippen LogP contribution in [0.5, 0.6) is 5.75 Å². The first-order valence-electron chi connectivity index (χ1n) is 7.88. The molecule has 0 amide bonds. The van der Waals surface area contributed by atoms with Crippen LogP contribution in [0.2, 0.25) is 0 Å². The van der Waals surface area contributed by atoms with Crippen LogP contribution in [0.1, 0.15) is 0 Å². The maximum absolute atomic E-state index is 12.4. The Morgan fingerprint density at radius 1 is 1.07 bits per heavy atom. The van der Waals surface area contributed by atoms with Gasteiger partial charge in [-0.1, -0.05) is 0 Å². The van der Waals surface area contributed by atoms with Crippen molar-refractivity contribution in [3.8, 4) is 11.4 Å². The number of rotatable bonds is 5. The van der Waals surface area contributed by atoms with E-state index in [2.05, 4.69) is 10.2 Å². The van der Waals surface area contributed by atoms with Gasteiger partial charge in [-0.15, -0.1) is 10.2 Å². The Morgan fingerprint density at radius 2 is 1.78 bits per heavy atom. The van der Waals surface area contributed by atoms with Crippen LogP contribution in [-0.4, -0.2) is 61.4 Å². The molecule has 27 heavy (non-hydrogen) atoms. The summed E-state index contributed by atoms with van der Waals surface area (Å²) in [5.74, 6) is -0.882. The van der Waals surface area contributed by atoms with Gasteiger partial charge in [-0.3, -0.25) is 4.57 Å². The minimum absolute atomic E-state index is 0.0208. The van der Waals surface area contributed by atoms with Crippen molar-refractivity contribution in [1.29, 1.82) is 0 Å². The van der Waals surface area contributed by atoms with Gasteiger partial charge < -0.3 is 23.8 Å². The second-order valence-corrected chi connectivity index (χ2v) is 5.44. The van der Waals surface area contributed by atoms with E-state index in [0.29, 0.717) is 11.4 Å². The number of hydrogen-bond acceptors (Lipinski definition) is 9. The van der Waals surface area contributed by atoms with E-state index in [1.54, 1.807) is 22.8 Å². The number of benzene rings is 1. The number of carbonyl (C=O) groups excluding carboxylic acids is 2. The third-order valence-corrected chi connectivity index (χ3v) is 4.00. The van der Waals surface area contributed by atoms with Crippen LogP contribution in [-0.2, 0) is 23.8 Å². The van der Waals surface area contributed by atoms with Gasteiger partial charge in [0.25, 0.3) is 0 Å². The summed E-state index contributed by atoms with van der Waals surface area (Å²) in [5.41, 5.74) is 1.33. The van der Waals surface area contributed by atoms with Crippen LogP contribution >= 0.6 is 0 Å². The molecule has 1 aliphatic heterocycles. The van der Waals surface area contributed by atoms with Crippen molar-refractivity contribution in [2.45, 2.75) is 0 Å². The van der Waals surface area contributed by atoms with E-state index in [1.165, 1.54) is 38.9 Å². The van der Waals surface area contributed by atoms with E-state index in [9.17, 15) is 9.59 Å². The molecular formula is C17H18N4O6. The highest BCUT2D eigenvalue weighted by Gasteiger charge is 2.33. The first-order valence-corrected chi connectivity index (χ1v) is 7.88. The maximum Gasteiger partial charge on any atom is 0.355 e. The molecule has 0 spiro atoms. The normalized spacial score (nSPS) is 14.1. The molecule has 0 radical (unpaired) electrons. The van der Waals surface area contributed by atoms with Gasteiger partial charge in [-0.2, -0.15) is 0 Å². The predicted molar refractivity (Wildman–Crippen MR) is 92.3 cm³/mol. The molecule has 10 heteroatoms. The van der Waals surface area contributed by atoms with Crippen LogP contribution < -0.4 is 9.64 Å². The van der Waals surface area contributed by atoms with Crippen LogP contribution in [0.15, 0.2) is 42.1 Å². The lowest BCUT2D eigenvalue weighted by molar-refractivity contribution is -0.140. The van der Waals surface area contributed by atoms with Crippen LogP contribution in [0.4, 0.5) is 5.69 Å². The van der Waals surface area contributed by atoms with Gasteiger partial charge in [0, 0.05) is 0 Å². The third-order valence-electron chi connectivity index (χ3n) is 4.00. The van der Waals surface area contributed by atoms with Crippen molar-refractivity contribution >= 4 is 17.6 Å². The lowest BCUT2D eigenvalue weighted by Gasteiger charge is -2.32. The van der Waals surface area contributed by atoms with Crippen LogP contribution in [0.3, 0.4) is 0 Å². The number of ether oxygens (including phenoxy) is 4. The van der Waals surface area contributed by atoms with Crippen molar-refractivity contribution in [2.24, 2.45) is 0 Å². The van der Waals surface area contributed by atoms with Gasteiger partial charge in [-0.25, -0.2) is 9.59 Å². The zero-order chi connectivity index (χ0) is 19.4. The molecule has 2 heterocycles. The number of aromatic nitrogens is 3. The number of nitrogens with zero attached hydrogens (tertiary/aromatic N) is 4. The quantitative estimate of drug-likeness (QED) is 0.698. The summed E-state index contributed by atoms with van der Waals surface area (Å²) in [5, 5.41) is 7.57. The molecule has 3 rings (SSSR count). The van der Waals surface area contributed by atoms with E-state index >= 15 is 0 Å². The van der Waals surface area contributed by atoms with E-state index in [-0.39, 0.29) is 24.6 Å². The Morgan fingerprint density at radius 3 is 2.41 bits per heavy atom. The van der Waals surface area contributed by atoms with Gasteiger partial charge >= 0.3 is 11.9 Å². The number of hydrogen-bond donors (Lipinski definition) is 0. The molecule has 10 nitrogen and oxygen atoms in total. The summed E-state index contributed by atoms with van der Waals surface area (Å²) in [7, 11) is 3.98. The molecule has 0 atom stereocenters. The van der Waals surface area contributed by atoms with Gasteiger partial charge in [0.05, 0.1) is 44.9 Å². The molecule has 0 aliphatic carbocycles. The summed E-state index contributed by atoms with van der Waals surface area (Å²) in [6.45, 7) is -0.0476. The van der Waals surface area contributed by atoms with Crippen LogP contribution in [0, 0.1) is 0 Å². The number of carbonyl (C=O) groups is 2. The molecule has 0 saturated carbocycles. The summed E-state index contributed by atoms with van der Waals surface area (Å²) in [6, 6.07) is 5.29. The fourth-order valence-corrected chi connectivity index (χ4v) is 2.72. The largest absolute Gasteiger partial charge is 0.495 e. The highest BCUT2D eigenvalue weighted by Crippen LogP contribution is 2.35. The van der Waals surface area contributed by atoms with E-state index in [0.717, 1.165) is 5.69 Å². The highest BCUT2D eigenvalue weighted by atomic mass is 16.5. The summed E-state index contributed by atoms with van der Waals surface area (Å²) in [6.07, 6.45) is 3.07. The molecule has 0 fully saturated rings. The topological polar surface area (TPSA) is 105 Å². The maximum atomic E-state index is 12.4. The first-order chi connectivity index (χ1) is 13.1. The minimum Gasteiger partial charge on any atom is -0.495 e. The SMILES string of the molecule is COC(=O)C1=C(C(=O)OC)N(c2cc(-n3cnnc3)ccc2OC)COC1. The second-order valence-electron chi connectivity index (χ2n) is 5.44. The summed E-state index contributed by atoms with van der Waals surface area (Å²) >= 11 is 0. The smallest absolute Gasteiger partial charge is 0.355 e. The van der Waals surface area contributed by atoms with E-state index < -0.39 is 11.9 Å². The second kappa shape index (κ2) is 7.87. The molecule has 0 saturated heterocycles. The Kier molecular flexibility index (Phi) is 5.36. The lowest BCUT2D eigenvalue weighted by atomic mass is 10.1. The predicted octanol–water partition coefficient (Wildman–Crippen LogP) is 0.670. The zero-order valence-corrected chi connectivity index (χ0v) is 15.0. The summed E-state index contributed by atoms with van der Waals surface area (Å²) in [4.78, 5) is 26.1. The van der Waals surface area contributed by atoms with Gasteiger partial charge in [0.15, 0.2) is 0 Å². The highest BCUT2D eigenvalue weighted by molar-refractivity contribution is 6.03. The Labute approximate surface area is 154 Å². The molecule has 2 aromatic rings. The molecular weight excluding hydrogens is 356 g/mol. The Balaban J connectivity index is 2.16. The average Bonchev–Trinajstić information content (AvgIpc) is 3.26. The van der Waals surface area contributed by atoms with Gasteiger partial charge in [0.2, 0.25) is 0 Å². The molecule has 1 aromatic heterocycles. The first kappa shape index (κ1) is 18.4. The molecule has 0 unspecified atom stereocenters. The number of anilines is 1. The fraction of sp³-hybridized carbons (Fsp3) is 0.294. The average molecular weight is 374 g/mol. The van der Waals surface area contributed by atoms with Crippen molar-refractivity contribution in [3.63, 3.8) is 0 Å². The zero-order valence-electron chi connectivity index (χ0n) is 15.0. The van der Waals surface area contributed by atoms with Crippen LogP contribution in [0.25, 0.3) is 5.69 Å². The standard InChI is InChI=1S/C17H18N4O6/c1-24-14-5-4-11(20-8-18-19-9-20)6-13(14)21-10-27-7-12(16(22)25-2)15(21)17(23)26-3/h4-6,8-9H,7,10H2,1-3H3. The Bertz CT molecular complexity index is 878. The number of esters is 2. The molecule has 1 aliphatic rings. The summed E-state index contributed by atoms with van der Waals surface area (Å²) < 4.78 is 22.3. The van der Waals surface area contributed by atoms with Crippen molar-refractivity contribution < 1.29 is 28.5 Å². The molecule has 1 aromatic carbocycles. The van der Waals surface area contributed by atoms with Crippen molar-refractivity contribution in [1.82, 2.24) is 14.8 Å². The van der Waals surface area contributed by atoms with Crippen molar-refractivity contribution in [3.05, 3.63) is 42.1 Å². The fourth-order valence-electron chi connectivity index (χ4n) is 2.72.